The molecule has 1 heterocycles. The van der Waals surface area contributed by atoms with Gasteiger partial charge in [0.25, 0.3) is 5.91 Å². The number of amides is 1. The number of aromatic nitrogens is 1. The fraction of sp³-hybridized carbons (Fsp3) is 0.286. The van der Waals surface area contributed by atoms with Gasteiger partial charge in [0.1, 0.15) is 12.4 Å². The quantitative estimate of drug-likeness (QED) is 0.919. The van der Waals surface area contributed by atoms with Crippen LogP contribution < -0.4 is 5.32 Å². The molecule has 0 atom stereocenters. The smallest absolute Gasteiger partial charge is 0.367 e. The highest BCUT2D eigenvalue weighted by atomic mass is 19.4. The standard InChI is InChI=1S/C14H13F3N2O3/c1-9-5-12(19-22-9)18-13(20)11-4-2-3-10(6-11)7-21-8-14(15,16)17/h2-6H,7-8H2,1H3,(H,18,19,20). The maximum Gasteiger partial charge on any atom is 0.411 e. The Balaban J connectivity index is 1.97. The number of nitrogens with zero attached hydrogens (tertiary/aromatic N) is 1. The van der Waals surface area contributed by atoms with E-state index in [4.69, 9.17) is 4.52 Å². The summed E-state index contributed by atoms with van der Waals surface area (Å²) in [7, 11) is 0. The van der Waals surface area contributed by atoms with Crippen LogP contribution >= 0.6 is 0 Å². The first-order valence-corrected chi connectivity index (χ1v) is 6.31. The Kier molecular flexibility index (Phi) is 4.81. The Hall–Kier alpha value is -2.35. The Labute approximate surface area is 124 Å². The second-order valence-electron chi connectivity index (χ2n) is 4.59. The van der Waals surface area contributed by atoms with Gasteiger partial charge in [0.15, 0.2) is 5.82 Å². The summed E-state index contributed by atoms with van der Waals surface area (Å²) in [5.74, 6) is 0.372. The molecule has 2 rings (SSSR count). The second kappa shape index (κ2) is 6.61. The zero-order chi connectivity index (χ0) is 16.2. The average molecular weight is 314 g/mol. The van der Waals surface area contributed by atoms with Crippen molar-refractivity contribution in [2.45, 2.75) is 19.7 Å². The summed E-state index contributed by atoms with van der Waals surface area (Å²) < 4.78 is 45.4. The van der Waals surface area contributed by atoms with Gasteiger partial charge in [-0.05, 0) is 24.6 Å². The molecule has 0 bridgehead atoms. The molecule has 0 aliphatic carbocycles. The number of rotatable bonds is 5. The number of alkyl halides is 3. The second-order valence-corrected chi connectivity index (χ2v) is 4.59. The van der Waals surface area contributed by atoms with Gasteiger partial charge in [0.2, 0.25) is 0 Å². The van der Waals surface area contributed by atoms with Crippen LogP contribution in [-0.4, -0.2) is 23.8 Å². The number of hydrogen-bond acceptors (Lipinski definition) is 4. The van der Waals surface area contributed by atoms with Crippen LogP contribution in [0, 0.1) is 6.92 Å². The number of ether oxygens (including phenoxy) is 1. The summed E-state index contributed by atoms with van der Waals surface area (Å²) >= 11 is 0. The maximum absolute atomic E-state index is 12.0. The number of benzene rings is 1. The maximum atomic E-state index is 12.0. The molecule has 0 saturated carbocycles. The van der Waals surface area contributed by atoms with Crippen LogP contribution in [0.15, 0.2) is 34.9 Å². The summed E-state index contributed by atoms with van der Waals surface area (Å²) in [6.07, 6.45) is -4.38. The third-order valence-electron chi connectivity index (χ3n) is 2.59. The van der Waals surface area contributed by atoms with Crippen LogP contribution in [0.1, 0.15) is 21.7 Å². The summed E-state index contributed by atoms with van der Waals surface area (Å²) in [5, 5.41) is 6.15. The van der Waals surface area contributed by atoms with Crippen LogP contribution in [0.3, 0.4) is 0 Å². The molecule has 118 valence electrons. The molecule has 0 aliphatic rings. The molecule has 5 nitrogen and oxygen atoms in total. The zero-order valence-electron chi connectivity index (χ0n) is 11.6. The van der Waals surface area contributed by atoms with E-state index in [0.717, 1.165) is 0 Å². The first-order chi connectivity index (χ1) is 10.3. The molecule has 0 spiro atoms. The van der Waals surface area contributed by atoms with E-state index in [1.807, 2.05) is 0 Å². The van der Waals surface area contributed by atoms with Crippen LogP contribution in [0.2, 0.25) is 0 Å². The number of hydrogen-bond donors (Lipinski definition) is 1. The summed E-state index contributed by atoms with van der Waals surface area (Å²) in [4.78, 5) is 12.0. The summed E-state index contributed by atoms with van der Waals surface area (Å²) in [6.45, 7) is 0.118. The fourth-order valence-corrected chi connectivity index (χ4v) is 1.70. The van der Waals surface area contributed by atoms with Gasteiger partial charge < -0.3 is 14.6 Å². The van der Waals surface area contributed by atoms with Crippen molar-refractivity contribution in [1.82, 2.24) is 5.16 Å². The normalized spacial score (nSPS) is 11.5. The third-order valence-corrected chi connectivity index (χ3v) is 2.59. The minimum Gasteiger partial charge on any atom is -0.367 e. The Morgan fingerprint density at radius 1 is 1.36 bits per heavy atom. The Morgan fingerprint density at radius 2 is 2.14 bits per heavy atom. The highest BCUT2D eigenvalue weighted by Crippen LogP contribution is 2.16. The lowest BCUT2D eigenvalue weighted by atomic mass is 10.1. The predicted molar refractivity (Wildman–Crippen MR) is 71.3 cm³/mol. The Bertz CT molecular complexity index is 653. The number of aryl methyl sites for hydroxylation is 1. The molecule has 1 aromatic carbocycles. The Morgan fingerprint density at radius 3 is 2.77 bits per heavy atom. The molecular formula is C14H13F3N2O3. The van der Waals surface area contributed by atoms with Crippen LogP contribution in [0.25, 0.3) is 0 Å². The van der Waals surface area contributed by atoms with Crippen molar-refractivity contribution in [3.63, 3.8) is 0 Å². The fourth-order valence-electron chi connectivity index (χ4n) is 1.70. The van der Waals surface area contributed by atoms with Crippen molar-refractivity contribution < 1.29 is 27.2 Å². The van der Waals surface area contributed by atoms with Crippen molar-refractivity contribution in [3.8, 4) is 0 Å². The molecule has 0 radical (unpaired) electrons. The topological polar surface area (TPSA) is 64.4 Å². The molecule has 0 saturated heterocycles. The van der Waals surface area contributed by atoms with E-state index in [-0.39, 0.29) is 18.0 Å². The first kappa shape index (κ1) is 16.0. The number of nitrogens with one attached hydrogen (secondary N) is 1. The third kappa shape index (κ3) is 4.88. The summed E-state index contributed by atoms with van der Waals surface area (Å²) in [6, 6.07) is 7.69. The van der Waals surface area contributed by atoms with Gasteiger partial charge in [0, 0.05) is 11.6 Å². The molecule has 8 heteroatoms. The molecule has 1 N–H and O–H groups in total. The van der Waals surface area contributed by atoms with Crippen LogP contribution in [-0.2, 0) is 11.3 Å². The van der Waals surface area contributed by atoms with Gasteiger partial charge in [-0.2, -0.15) is 13.2 Å². The molecule has 0 aliphatic heterocycles. The van der Waals surface area contributed by atoms with E-state index < -0.39 is 18.7 Å². The van der Waals surface area contributed by atoms with E-state index >= 15 is 0 Å². The van der Waals surface area contributed by atoms with E-state index in [1.165, 1.54) is 12.1 Å². The van der Waals surface area contributed by atoms with Crippen molar-refractivity contribution >= 4 is 11.7 Å². The number of halogens is 3. The zero-order valence-corrected chi connectivity index (χ0v) is 11.6. The van der Waals surface area contributed by atoms with Gasteiger partial charge in [-0.3, -0.25) is 4.79 Å². The van der Waals surface area contributed by atoms with Gasteiger partial charge in [-0.1, -0.05) is 17.3 Å². The first-order valence-electron chi connectivity index (χ1n) is 6.31. The van der Waals surface area contributed by atoms with Crippen LogP contribution in [0.4, 0.5) is 19.0 Å². The van der Waals surface area contributed by atoms with Crippen molar-refractivity contribution in [3.05, 3.63) is 47.2 Å². The van der Waals surface area contributed by atoms with E-state index in [2.05, 4.69) is 15.2 Å². The van der Waals surface area contributed by atoms with Gasteiger partial charge in [-0.25, -0.2) is 0 Å². The highest BCUT2D eigenvalue weighted by molar-refractivity contribution is 6.03. The number of carbonyl (C=O) groups is 1. The van der Waals surface area contributed by atoms with Gasteiger partial charge >= 0.3 is 6.18 Å². The minimum absolute atomic E-state index is 0.232. The lowest BCUT2D eigenvalue weighted by Gasteiger charge is -2.08. The monoisotopic (exact) mass is 314 g/mol. The molecular weight excluding hydrogens is 301 g/mol. The van der Waals surface area contributed by atoms with Crippen molar-refractivity contribution in [1.29, 1.82) is 0 Å². The lowest BCUT2D eigenvalue weighted by molar-refractivity contribution is -0.176. The largest absolute Gasteiger partial charge is 0.411 e. The van der Waals surface area contributed by atoms with E-state index in [1.54, 1.807) is 25.1 Å². The van der Waals surface area contributed by atoms with Crippen molar-refractivity contribution in [2.24, 2.45) is 0 Å². The molecule has 2 aromatic rings. The average Bonchev–Trinajstić information content (AvgIpc) is 2.83. The SMILES string of the molecule is Cc1cc(NC(=O)c2cccc(COCC(F)(F)F)c2)no1. The predicted octanol–water partition coefficient (Wildman–Crippen LogP) is 3.31. The number of anilines is 1. The molecule has 22 heavy (non-hydrogen) atoms. The van der Waals surface area contributed by atoms with E-state index in [0.29, 0.717) is 11.3 Å². The van der Waals surface area contributed by atoms with Gasteiger partial charge in [0.05, 0.1) is 6.61 Å². The van der Waals surface area contributed by atoms with Crippen molar-refractivity contribution in [2.75, 3.05) is 11.9 Å². The molecule has 1 amide bonds. The molecule has 1 aromatic heterocycles. The molecule has 0 fully saturated rings. The highest BCUT2D eigenvalue weighted by Gasteiger charge is 2.27. The minimum atomic E-state index is -4.38. The summed E-state index contributed by atoms with van der Waals surface area (Å²) in [5.41, 5.74) is 0.752. The van der Waals surface area contributed by atoms with E-state index in [9.17, 15) is 18.0 Å². The van der Waals surface area contributed by atoms with Crippen LogP contribution in [0.5, 0.6) is 0 Å². The number of carbonyl (C=O) groups excluding carboxylic acids is 1. The lowest BCUT2D eigenvalue weighted by Crippen LogP contribution is -2.17. The molecule has 0 unspecified atom stereocenters. The van der Waals surface area contributed by atoms with Gasteiger partial charge in [-0.15, -0.1) is 0 Å².